The molecule has 2 aliphatic rings. The van der Waals surface area contributed by atoms with Gasteiger partial charge in [0.1, 0.15) is 5.56 Å². The molecular weight excluding hydrogens is 300 g/mol. The molecule has 0 aromatic carbocycles. The lowest BCUT2D eigenvalue weighted by Crippen LogP contribution is -2.47. The lowest BCUT2D eigenvalue weighted by atomic mass is 10.0. The van der Waals surface area contributed by atoms with E-state index in [1.807, 2.05) is 0 Å². The van der Waals surface area contributed by atoms with Crippen molar-refractivity contribution in [2.75, 3.05) is 26.2 Å². The van der Waals surface area contributed by atoms with Crippen molar-refractivity contribution in [1.82, 2.24) is 20.2 Å². The summed E-state index contributed by atoms with van der Waals surface area (Å²) < 4.78 is 5.65. The Hall–Kier alpha value is -1.93. The monoisotopic (exact) mass is 322 g/mol. The van der Waals surface area contributed by atoms with Gasteiger partial charge in [0.05, 0.1) is 6.10 Å². The Labute approximate surface area is 133 Å². The normalized spacial score (nSPS) is 23.0. The summed E-state index contributed by atoms with van der Waals surface area (Å²) in [6.45, 7) is 3.64. The van der Waals surface area contributed by atoms with Crippen LogP contribution >= 0.6 is 0 Å². The van der Waals surface area contributed by atoms with Crippen LogP contribution in [0.25, 0.3) is 0 Å². The zero-order chi connectivity index (χ0) is 16.2. The molecule has 0 unspecified atom stereocenters. The van der Waals surface area contributed by atoms with Gasteiger partial charge in [0.15, 0.2) is 0 Å². The van der Waals surface area contributed by atoms with Crippen molar-refractivity contribution in [2.24, 2.45) is 0 Å². The summed E-state index contributed by atoms with van der Waals surface area (Å²) >= 11 is 0. The molecule has 0 saturated carbocycles. The van der Waals surface area contributed by atoms with Crippen LogP contribution < -0.4 is 16.6 Å². The fraction of sp³-hybridized carbons (Fsp3) is 0.667. The minimum atomic E-state index is -0.665. The fourth-order valence-corrected chi connectivity index (χ4v) is 3.18. The number of ether oxygens (including phenoxy) is 1. The molecule has 23 heavy (non-hydrogen) atoms. The molecule has 1 amide bonds. The quantitative estimate of drug-likeness (QED) is 0.688. The number of rotatable bonds is 4. The fourth-order valence-electron chi connectivity index (χ4n) is 3.18. The Kier molecular flexibility index (Phi) is 4.92. The van der Waals surface area contributed by atoms with E-state index in [9.17, 15) is 14.4 Å². The average Bonchev–Trinajstić information content (AvgIpc) is 3.02. The molecule has 3 heterocycles. The second-order valence-corrected chi connectivity index (χ2v) is 6.17. The van der Waals surface area contributed by atoms with Gasteiger partial charge >= 0.3 is 5.69 Å². The Balaban J connectivity index is 1.49. The van der Waals surface area contributed by atoms with Gasteiger partial charge in [-0.2, -0.15) is 0 Å². The molecular formula is C15H22N4O4. The molecule has 0 aliphatic carbocycles. The molecule has 126 valence electrons. The Morgan fingerprint density at radius 3 is 2.74 bits per heavy atom. The number of hydrogen-bond donors (Lipinski definition) is 3. The molecule has 8 heteroatoms. The van der Waals surface area contributed by atoms with Crippen LogP contribution in [0.15, 0.2) is 15.8 Å². The van der Waals surface area contributed by atoms with E-state index in [0.717, 1.165) is 58.1 Å². The maximum absolute atomic E-state index is 12.1. The molecule has 1 aromatic heterocycles. The molecule has 3 N–H and O–H groups in total. The lowest BCUT2D eigenvalue weighted by molar-refractivity contribution is 0.0612. The van der Waals surface area contributed by atoms with Gasteiger partial charge < -0.3 is 19.9 Å². The first kappa shape index (κ1) is 15.9. The number of nitrogens with one attached hydrogen (secondary N) is 3. The molecule has 0 radical (unpaired) electrons. The third kappa shape index (κ3) is 4.08. The molecule has 2 fully saturated rings. The average molecular weight is 322 g/mol. The first-order valence-corrected chi connectivity index (χ1v) is 8.08. The third-order valence-electron chi connectivity index (χ3n) is 4.47. The number of aromatic nitrogens is 2. The van der Waals surface area contributed by atoms with Crippen LogP contribution in [0.1, 0.15) is 36.0 Å². The second-order valence-electron chi connectivity index (χ2n) is 6.17. The van der Waals surface area contributed by atoms with Crippen LogP contribution in [0, 0.1) is 0 Å². The minimum absolute atomic E-state index is 0.0505. The zero-order valence-corrected chi connectivity index (χ0v) is 13.0. The maximum atomic E-state index is 12.1. The van der Waals surface area contributed by atoms with Gasteiger partial charge in [-0.05, 0) is 25.7 Å². The second kappa shape index (κ2) is 7.10. The highest BCUT2D eigenvalue weighted by molar-refractivity contribution is 5.93. The van der Waals surface area contributed by atoms with Crippen molar-refractivity contribution >= 4 is 5.91 Å². The summed E-state index contributed by atoms with van der Waals surface area (Å²) in [6.07, 6.45) is 5.47. The topological polar surface area (TPSA) is 107 Å². The van der Waals surface area contributed by atoms with Crippen LogP contribution in [0.2, 0.25) is 0 Å². The molecule has 0 bridgehead atoms. The van der Waals surface area contributed by atoms with Crippen LogP contribution in [-0.2, 0) is 4.74 Å². The number of hydrogen-bond acceptors (Lipinski definition) is 5. The summed E-state index contributed by atoms with van der Waals surface area (Å²) in [6, 6.07) is 0.0505. The predicted molar refractivity (Wildman–Crippen MR) is 83.6 cm³/mol. The molecule has 3 rings (SSSR count). The maximum Gasteiger partial charge on any atom is 0.325 e. The number of likely N-dealkylation sites (tertiary alicyclic amines) is 1. The van der Waals surface area contributed by atoms with Gasteiger partial charge in [0, 0.05) is 38.5 Å². The zero-order valence-electron chi connectivity index (χ0n) is 13.0. The highest BCUT2D eigenvalue weighted by Crippen LogP contribution is 2.17. The highest BCUT2D eigenvalue weighted by atomic mass is 16.5. The first-order valence-electron chi connectivity index (χ1n) is 8.08. The minimum Gasteiger partial charge on any atom is -0.377 e. The molecule has 2 aliphatic heterocycles. The van der Waals surface area contributed by atoms with E-state index in [0.29, 0.717) is 6.10 Å². The summed E-state index contributed by atoms with van der Waals surface area (Å²) in [5.74, 6) is -0.444. The number of nitrogens with zero attached hydrogens (tertiary/aromatic N) is 1. The Morgan fingerprint density at radius 1 is 1.30 bits per heavy atom. The highest BCUT2D eigenvalue weighted by Gasteiger charge is 2.25. The number of carbonyl (C=O) groups is 1. The van der Waals surface area contributed by atoms with Gasteiger partial charge in [-0.1, -0.05) is 0 Å². The number of carbonyl (C=O) groups excluding carboxylic acids is 1. The van der Waals surface area contributed by atoms with E-state index in [1.54, 1.807) is 0 Å². The number of piperidine rings is 1. The van der Waals surface area contributed by atoms with Crippen molar-refractivity contribution in [3.63, 3.8) is 0 Å². The van der Waals surface area contributed by atoms with Gasteiger partial charge in [-0.15, -0.1) is 0 Å². The molecule has 2 saturated heterocycles. The van der Waals surface area contributed by atoms with E-state index in [-0.39, 0.29) is 11.6 Å². The van der Waals surface area contributed by atoms with Crippen molar-refractivity contribution in [2.45, 2.75) is 37.8 Å². The van der Waals surface area contributed by atoms with Crippen molar-refractivity contribution in [1.29, 1.82) is 0 Å². The number of amides is 1. The van der Waals surface area contributed by atoms with Crippen LogP contribution in [-0.4, -0.2) is 59.2 Å². The number of H-pyrrole nitrogens is 2. The van der Waals surface area contributed by atoms with E-state index in [4.69, 9.17) is 4.74 Å². The molecule has 8 nitrogen and oxygen atoms in total. The van der Waals surface area contributed by atoms with Crippen molar-refractivity contribution in [3.8, 4) is 0 Å². The molecule has 0 spiro atoms. The predicted octanol–water partition coefficient (Wildman–Crippen LogP) is -0.564. The van der Waals surface area contributed by atoms with Crippen LogP contribution in [0.4, 0.5) is 0 Å². The van der Waals surface area contributed by atoms with Crippen molar-refractivity contribution in [3.05, 3.63) is 32.6 Å². The lowest BCUT2D eigenvalue weighted by Gasteiger charge is -2.33. The summed E-state index contributed by atoms with van der Waals surface area (Å²) in [7, 11) is 0. The van der Waals surface area contributed by atoms with E-state index in [2.05, 4.69) is 20.2 Å². The van der Waals surface area contributed by atoms with Gasteiger partial charge in [-0.3, -0.25) is 14.6 Å². The SMILES string of the molecule is O=C(NC1CCN(C[C@H]2CCCO2)CC1)c1c[nH]c(=O)[nH]c1=O. The summed E-state index contributed by atoms with van der Waals surface area (Å²) in [5.41, 5.74) is -1.34. The molecule has 1 aromatic rings. The smallest absolute Gasteiger partial charge is 0.325 e. The summed E-state index contributed by atoms with van der Waals surface area (Å²) in [5, 5.41) is 2.87. The molecule has 1 atom stereocenters. The van der Waals surface area contributed by atoms with Crippen LogP contribution in [0.3, 0.4) is 0 Å². The van der Waals surface area contributed by atoms with E-state index < -0.39 is 17.2 Å². The van der Waals surface area contributed by atoms with E-state index >= 15 is 0 Å². The van der Waals surface area contributed by atoms with Gasteiger partial charge in [-0.25, -0.2) is 4.79 Å². The third-order valence-corrected chi connectivity index (χ3v) is 4.47. The first-order chi connectivity index (χ1) is 11.1. The van der Waals surface area contributed by atoms with Gasteiger partial charge in [0.25, 0.3) is 11.5 Å². The largest absolute Gasteiger partial charge is 0.377 e. The van der Waals surface area contributed by atoms with Gasteiger partial charge in [0.2, 0.25) is 0 Å². The standard InChI is InChI=1S/C15H22N4O4/c20-13(12-8-16-15(22)18-14(12)21)17-10-3-5-19(6-4-10)9-11-2-1-7-23-11/h8,10-11H,1-7,9H2,(H,17,20)(H2,16,18,21,22)/t11-/m1/s1. The Morgan fingerprint density at radius 2 is 2.09 bits per heavy atom. The van der Waals surface area contributed by atoms with E-state index in [1.165, 1.54) is 0 Å². The number of aromatic amines is 2. The Bertz CT molecular complexity index is 654. The van der Waals surface area contributed by atoms with Crippen LogP contribution in [0.5, 0.6) is 0 Å². The summed E-state index contributed by atoms with van der Waals surface area (Å²) in [4.78, 5) is 41.4. The van der Waals surface area contributed by atoms with Crippen molar-refractivity contribution < 1.29 is 9.53 Å².